The summed E-state index contributed by atoms with van der Waals surface area (Å²) in [6, 6.07) is -0.895. The molecule has 0 aromatic rings. The highest BCUT2D eigenvalue weighted by molar-refractivity contribution is 7.99. The fourth-order valence-corrected chi connectivity index (χ4v) is 2.98. The number of rotatable bonds is 4. The summed E-state index contributed by atoms with van der Waals surface area (Å²) in [5.41, 5.74) is 0. The SMILES string of the molecule is O=C(O)C1CSCCN1C(=O)NCCC1CC1. The van der Waals surface area contributed by atoms with E-state index in [4.69, 9.17) is 5.11 Å². The van der Waals surface area contributed by atoms with Gasteiger partial charge in [0.05, 0.1) is 0 Å². The first-order chi connectivity index (χ1) is 8.18. The average Bonchev–Trinajstić information content (AvgIpc) is 3.13. The Morgan fingerprint density at radius 2 is 2.18 bits per heavy atom. The van der Waals surface area contributed by atoms with E-state index in [1.165, 1.54) is 17.7 Å². The maximum atomic E-state index is 11.9. The van der Waals surface area contributed by atoms with Crippen LogP contribution >= 0.6 is 11.8 Å². The van der Waals surface area contributed by atoms with Gasteiger partial charge in [-0.05, 0) is 12.3 Å². The van der Waals surface area contributed by atoms with Crippen LogP contribution in [0.4, 0.5) is 4.79 Å². The van der Waals surface area contributed by atoms with Crippen LogP contribution in [0.1, 0.15) is 19.3 Å². The number of aliphatic carboxylic acids is 1. The third-order valence-corrected chi connectivity index (χ3v) is 4.22. The highest BCUT2D eigenvalue weighted by Gasteiger charge is 2.32. The number of carboxylic acids is 1. The lowest BCUT2D eigenvalue weighted by Crippen LogP contribution is -2.53. The largest absolute Gasteiger partial charge is 0.480 e. The summed E-state index contributed by atoms with van der Waals surface area (Å²) in [5, 5.41) is 11.9. The number of carboxylic acid groups (broad SMARTS) is 1. The summed E-state index contributed by atoms with van der Waals surface area (Å²) in [6.07, 6.45) is 3.56. The van der Waals surface area contributed by atoms with E-state index >= 15 is 0 Å². The third-order valence-electron chi connectivity index (χ3n) is 3.20. The topological polar surface area (TPSA) is 69.6 Å². The van der Waals surface area contributed by atoms with Gasteiger partial charge in [-0.25, -0.2) is 9.59 Å². The van der Waals surface area contributed by atoms with Crippen LogP contribution in [0.25, 0.3) is 0 Å². The molecule has 5 nitrogen and oxygen atoms in total. The molecule has 0 bridgehead atoms. The molecule has 1 aliphatic carbocycles. The molecule has 1 saturated carbocycles. The summed E-state index contributed by atoms with van der Waals surface area (Å²) in [6.45, 7) is 1.19. The van der Waals surface area contributed by atoms with E-state index in [2.05, 4.69) is 5.32 Å². The Hall–Kier alpha value is -0.910. The lowest BCUT2D eigenvalue weighted by Gasteiger charge is -2.32. The number of amides is 2. The van der Waals surface area contributed by atoms with Crippen molar-refractivity contribution in [2.75, 3.05) is 24.6 Å². The molecule has 1 unspecified atom stereocenters. The van der Waals surface area contributed by atoms with Crippen LogP contribution in [0, 0.1) is 5.92 Å². The second kappa shape index (κ2) is 5.62. The number of carbonyl (C=O) groups is 2. The van der Waals surface area contributed by atoms with Crippen molar-refractivity contribution in [3.8, 4) is 0 Å². The van der Waals surface area contributed by atoms with Gasteiger partial charge in [-0.1, -0.05) is 12.8 Å². The molecule has 2 aliphatic rings. The van der Waals surface area contributed by atoms with Crippen molar-refractivity contribution in [3.63, 3.8) is 0 Å². The monoisotopic (exact) mass is 258 g/mol. The number of thioether (sulfide) groups is 1. The maximum absolute atomic E-state index is 11.9. The summed E-state index contributed by atoms with van der Waals surface area (Å²) < 4.78 is 0. The van der Waals surface area contributed by atoms with Gasteiger partial charge in [-0.3, -0.25) is 0 Å². The summed E-state index contributed by atoms with van der Waals surface area (Å²) in [4.78, 5) is 24.3. The lowest BCUT2D eigenvalue weighted by atomic mass is 10.3. The van der Waals surface area contributed by atoms with Crippen LogP contribution in [0.5, 0.6) is 0 Å². The van der Waals surface area contributed by atoms with Crippen LogP contribution in [-0.2, 0) is 4.79 Å². The highest BCUT2D eigenvalue weighted by atomic mass is 32.2. The quantitative estimate of drug-likeness (QED) is 0.789. The molecule has 0 radical (unpaired) electrons. The predicted octanol–water partition coefficient (Wildman–Crippen LogP) is 0.998. The number of hydrogen-bond donors (Lipinski definition) is 2. The highest BCUT2D eigenvalue weighted by Crippen LogP contribution is 2.31. The Labute approximate surface area is 105 Å². The Morgan fingerprint density at radius 3 is 2.82 bits per heavy atom. The number of nitrogens with zero attached hydrogens (tertiary/aromatic N) is 1. The molecule has 1 heterocycles. The van der Waals surface area contributed by atoms with E-state index in [-0.39, 0.29) is 6.03 Å². The van der Waals surface area contributed by atoms with Crippen molar-refractivity contribution in [1.29, 1.82) is 0 Å². The van der Waals surface area contributed by atoms with E-state index in [0.717, 1.165) is 18.1 Å². The molecule has 96 valence electrons. The average molecular weight is 258 g/mol. The second-order valence-corrected chi connectivity index (χ2v) is 5.74. The smallest absolute Gasteiger partial charge is 0.327 e. The zero-order valence-electron chi connectivity index (χ0n) is 9.72. The van der Waals surface area contributed by atoms with E-state index in [1.54, 1.807) is 11.8 Å². The zero-order valence-corrected chi connectivity index (χ0v) is 10.5. The number of urea groups is 1. The molecule has 6 heteroatoms. The predicted molar refractivity (Wildman–Crippen MR) is 66.2 cm³/mol. The Bertz CT molecular complexity index is 307. The first kappa shape index (κ1) is 12.5. The normalized spacial score (nSPS) is 24.5. The van der Waals surface area contributed by atoms with Gasteiger partial charge >= 0.3 is 12.0 Å². The first-order valence-electron chi connectivity index (χ1n) is 6.03. The van der Waals surface area contributed by atoms with Gasteiger partial charge in [0, 0.05) is 24.6 Å². The third kappa shape index (κ3) is 3.52. The molecule has 17 heavy (non-hydrogen) atoms. The summed E-state index contributed by atoms with van der Waals surface area (Å²) in [7, 11) is 0. The minimum Gasteiger partial charge on any atom is -0.480 e. The Balaban J connectivity index is 1.79. The standard InChI is InChI=1S/C11H18N2O3S/c14-10(15)9-7-17-6-5-13(9)11(16)12-4-3-8-1-2-8/h8-9H,1-7H2,(H,12,16)(H,14,15). The van der Waals surface area contributed by atoms with Crippen LogP contribution in [-0.4, -0.2) is 52.6 Å². The summed E-state index contributed by atoms with van der Waals surface area (Å²) >= 11 is 1.59. The minimum atomic E-state index is -0.908. The van der Waals surface area contributed by atoms with E-state index in [9.17, 15) is 9.59 Å². The molecule has 0 aromatic heterocycles. The van der Waals surface area contributed by atoms with Crippen molar-refractivity contribution < 1.29 is 14.7 Å². The van der Waals surface area contributed by atoms with E-state index < -0.39 is 12.0 Å². The fourth-order valence-electron chi connectivity index (χ4n) is 1.94. The maximum Gasteiger partial charge on any atom is 0.327 e. The van der Waals surface area contributed by atoms with Crippen molar-refractivity contribution in [1.82, 2.24) is 10.2 Å². The molecule has 1 aliphatic heterocycles. The molecule has 2 N–H and O–H groups in total. The minimum absolute atomic E-state index is 0.224. The van der Waals surface area contributed by atoms with Gasteiger partial charge in [0.2, 0.25) is 0 Å². The van der Waals surface area contributed by atoms with Crippen LogP contribution in [0.3, 0.4) is 0 Å². The Morgan fingerprint density at radius 1 is 1.41 bits per heavy atom. The molecule has 1 atom stereocenters. The molecule has 1 saturated heterocycles. The van der Waals surface area contributed by atoms with Gasteiger partial charge in [-0.15, -0.1) is 0 Å². The fraction of sp³-hybridized carbons (Fsp3) is 0.818. The van der Waals surface area contributed by atoms with Crippen LogP contribution < -0.4 is 5.32 Å². The molecule has 0 spiro atoms. The van der Waals surface area contributed by atoms with Gasteiger partial charge < -0.3 is 15.3 Å². The molecule has 0 aromatic carbocycles. The van der Waals surface area contributed by atoms with Crippen molar-refractivity contribution in [2.24, 2.45) is 5.92 Å². The number of carbonyl (C=O) groups excluding carboxylic acids is 1. The van der Waals surface area contributed by atoms with Crippen molar-refractivity contribution >= 4 is 23.8 Å². The van der Waals surface area contributed by atoms with Gasteiger partial charge in [-0.2, -0.15) is 11.8 Å². The lowest BCUT2D eigenvalue weighted by molar-refractivity contribution is -0.141. The van der Waals surface area contributed by atoms with Gasteiger partial charge in [0.25, 0.3) is 0 Å². The number of hydrogen-bond acceptors (Lipinski definition) is 3. The number of nitrogens with one attached hydrogen (secondary N) is 1. The molecule has 2 rings (SSSR count). The van der Waals surface area contributed by atoms with Gasteiger partial charge in [0.1, 0.15) is 6.04 Å². The van der Waals surface area contributed by atoms with Crippen LogP contribution in [0.15, 0.2) is 0 Å². The zero-order chi connectivity index (χ0) is 12.3. The molecule has 2 amide bonds. The second-order valence-electron chi connectivity index (χ2n) is 4.59. The molecular formula is C11H18N2O3S. The molecular weight excluding hydrogens is 240 g/mol. The molecule has 2 fully saturated rings. The summed E-state index contributed by atoms with van der Waals surface area (Å²) in [5.74, 6) is 1.18. The van der Waals surface area contributed by atoms with Crippen LogP contribution in [0.2, 0.25) is 0 Å². The van der Waals surface area contributed by atoms with Crippen molar-refractivity contribution in [3.05, 3.63) is 0 Å². The van der Waals surface area contributed by atoms with E-state index in [0.29, 0.717) is 18.8 Å². The van der Waals surface area contributed by atoms with Crippen molar-refractivity contribution in [2.45, 2.75) is 25.3 Å². The van der Waals surface area contributed by atoms with E-state index in [1.807, 2.05) is 0 Å². The first-order valence-corrected chi connectivity index (χ1v) is 7.19. The Kier molecular flexibility index (Phi) is 4.15. The van der Waals surface area contributed by atoms with Gasteiger partial charge in [0.15, 0.2) is 0 Å².